The van der Waals surface area contributed by atoms with Crippen LogP contribution >= 0.6 is 0 Å². The summed E-state index contributed by atoms with van der Waals surface area (Å²) in [6.07, 6.45) is 0. The molecule has 0 spiro atoms. The first kappa shape index (κ1) is 230. The summed E-state index contributed by atoms with van der Waals surface area (Å²) >= 11 is 0. The Kier molecular flexibility index (Phi) is 4090. The maximum absolute atomic E-state index is 0. The summed E-state index contributed by atoms with van der Waals surface area (Å²) in [4.78, 5) is 0. The van der Waals surface area contributed by atoms with Gasteiger partial charge in [-0.05, 0) is 0 Å². The van der Waals surface area contributed by atoms with Gasteiger partial charge < -0.3 is 32.9 Å². The van der Waals surface area contributed by atoms with E-state index < -0.39 is 0 Å². The molecule has 0 aromatic carbocycles. The summed E-state index contributed by atoms with van der Waals surface area (Å²) in [7, 11) is 0. The Balaban J connectivity index is 0. The normalized spacial score (nSPS) is 0. The average Bonchev–Trinajstić information content (AvgIpc) is 0. The van der Waals surface area contributed by atoms with Crippen molar-refractivity contribution in [1.29, 1.82) is 0 Å². The number of hydrogen-bond donors (Lipinski definition) is 0. The first-order valence-electron chi connectivity index (χ1n) is 0. The van der Waals surface area contributed by atoms with Gasteiger partial charge in [0.05, 0.1) is 0 Å². The molecule has 0 atom stereocenters. The van der Waals surface area contributed by atoms with Crippen LogP contribution in [0.15, 0.2) is 0 Å². The van der Waals surface area contributed by atoms with Gasteiger partial charge in [-0.25, -0.2) is 0 Å². The second kappa shape index (κ2) is 178. The van der Waals surface area contributed by atoms with Crippen LogP contribution in [0.1, 0.15) is 0 Å². The van der Waals surface area contributed by atoms with Gasteiger partial charge in [-0.15, -0.1) is 0 Å². The Morgan fingerprint density at radius 2 is 0.300 bits per heavy atom. The molecule has 0 saturated carbocycles. The second-order valence-corrected chi connectivity index (χ2v) is 0. The fourth-order valence-corrected chi connectivity index (χ4v) is 0. The third kappa shape index (κ3) is 134. The van der Waals surface area contributed by atoms with Crippen molar-refractivity contribution in [1.82, 2.24) is 0 Å². The molecule has 10 heteroatoms. The van der Waals surface area contributed by atoms with E-state index in [9.17, 15) is 0 Å². The molecule has 0 rings (SSSR count). The molecule has 0 amide bonds. The Bertz CT molecular complexity index is 13.7. The van der Waals surface area contributed by atoms with E-state index in [0.717, 1.165) is 0 Å². The largest absolute Gasteiger partial charge is 2.00 e. The van der Waals surface area contributed by atoms with Crippen molar-refractivity contribution in [2.24, 2.45) is 0 Å². The van der Waals surface area contributed by atoms with Gasteiger partial charge >= 0.3 is 54.6 Å². The predicted octanol–water partition coefficient (Wildman–Crippen LogP) is -0.723. The summed E-state index contributed by atoms with van der Waals surface area (Å²) in [5.41, 5.74) is 0. The predicted molar refractivity (Wildman–Crippen MR) is 4.12 cm³/mol. The fourth-order valence-electron chi connectivity index (χ4n) is 0. The molecule has 2 radical (unpaired) electrons. The van der Waals surface area contributed by atoms with Crippen molar-refractivity contribution in [3.05, 3.63) is 0 Å². The molecule has 0 heterocycles. The van der Waals surface area contributed by atoms with Crippen LogP contribution in [-0.2, 0) is 125 Å². The van der Waals surface area contributed by atoms with Gasteiger partial charge in [-0.1, -0.05) is 0 Å². The summed E-state index contributed by atoms with van der Waals surface area (Å²) < 4.78 is 0. The average molecular weight is 423 g/mol. The Morgan fingerprint density at radius 3 is 0.300 bits per heavy atom. The summed E-state index contributed by atoms with van der Waals surface area (Å²) in [5.74, 6) is 0. The Morgan fingerprint density at radius 1 is 0.300 bits per heavy atom. The zero-order valence-corrected chi connectivity index (χ0v) is 15.6. The molecule has 0 aliphatic heterocycles. The molecule has 0 aliphatic rings. The van der Waals surface area contributed by atoms with E-state index in [-0.39, 0.29) is 125 Å². The van der Waals surface area contributed by atoms with Crippen LogP contribution in [0.2, 0.25) is 0 Å². The van der Waals surface area contributed by atoms with Crippen molar-refractivity contribution >= 4 is 0 Å². The van der Waals surface area contributed by atoms with Crippen molar-refractivity contribution < 1.29 is 125 Å². The summed E-state index contributed by atoms with van der Waals surface area (Å²) in [6, 6.07) is 0. The van der Waals surface area contributed by atoms with E-state index in [2.05, 4.69) is 0 Å². The molecule has 0 fully saturated rings. The molecular weight excluding hydrogens is 423 g/mol. The molecule has 6 nitrogen and oxygen atoms in total. The van der Waals surface area contributed by atoms with Crippen LogP contribution < -0.4 is 0 Å². The first-order chi connectivity index (χ1) is 0. The molecule has 0 aromatic heterocycles. The topological polar surface area (TPSA) is 171 Å². The minimum Gasteiger partial charge on any atom is -2.00 e. The van der Waals surface area contributed by atoms with Gasteiger partial charge in [0, 0.05) is 37.1 Å². The quantitative estimate of drug-likeness (QED) is 0.449. The van der Waals surface area contributed by atoms with Crippen LogP contribution in [0.4, 0.5) is 0 Å². The van der Waals surface area contributed by atoms with Crippen molar-refractivity contribution in [2.75, 3.05) is 0 Å². The van der Waals surface area contributed by atoms with Gasteiger partial charge in [-0.3, -0.25) is 0 Å². The molecule has 0 aromatic rings. The SMILES string of the molecule is [Cd+2].[Cd+2].[O-2].[O-2].[O-2].[O-2].[O-2].[O-2].[V].[V]. The molecular formula is Cd2O6V2-8. The first-order valence-corrected chi connectivity index (χ1v) is 0. The second-order valence-electron chi connectivity index (χ2n) is 0. The Labute approximate surface area is 123 Å². The van der Waals surface area contributed by atoms with E-state index in [0.29, 0.717) is 0 Å². The van der Waals surface area contributed by atoms with Crippen LogP contribution in [0, 0.1) is 0 Å². The molecule has 0 aliphatic carbocycles. The van der Waals surface area contributed by atoms with Crippen molar-refractivity contribution in [3.8, 4) is 0 Å². The number of hydrogen-bond acceptors (Lipinski definition) is 0. The van der Waals surface area contributed by atoms with Crippen LogP contribution in [-0.4, -0.2) is 0 Å². The standard InChI is InChI=1S/2Cd.6O.2V/q2*+2;6*-2;;. The molecule has 0 unspecified atom stereocenters. The van der Waals surface area contributed by atoms with Gasteiger partial charge in [-0.2, -0.15) is 0 Å². The molecule has 10 heavy (non-hydrogen) atoms. The zero-order valence-electron chi connectivity index (χ0n) is 4.76. The van der Waals surface area contributed by atoms with E-state index in [1.165, 1.54) is 0 Å². The third-order valence-corrected chi connectivity index (χ3v) is 0. The summed E-state index contributed by atoms with van der Waals surface area (Å²) in [6.45, 7) is 0. The van der Waals surface area contributed by atoms with Crippen LogP contribution in [0.5, 0.6) is 0 Å². The van der Waals surface area contributed by atoms with Gasteiger partial charge in [0.1, 0.15) is 0 Å². The zero-order chi connectivity index (χ0) is 0. The number of rotatable bonds is 0. The molecule has 0 saturated heterocycles. The molecule has 0 N–H and O–H groups in total. The van der Waals surface area contributed by atoms with Crippen molar-refractivity contribution in [3.63, 3.8) is 0 Å². The molecule has 0 bridgehead atoms. The van der Waals surface area contributed by atoms with E-state index in [1.54, 1.807) is 0 Å². The third-order valence-electron chi connectivity index (χ3n) is 0. The minimum absolute atomic E-state index is 0. The summed E-state index contributed by atoms with van der Waals surface area (Å²) in [5, 5.41) is 0. The van der Waals surface area contributed by atoms with Gasteiger partial charge in [0.2, 0.25) is 0 Å². The van der Waals surface area contributed by atoms with Gasteiger partial charge in [0.25, 0.3) is 0 Å². The Hall–Kier alpha value is 2.77. The van der Waals surface area contributed by atoms with Crippen LogP contribution in [0.25, 0.3) is 0 Å². The minimum atomic E-state index is 0. The molecule has 58 valence electrons. The van der Waals surface area contributed by atoms with Gasteiger partial charge in [0.15, 0.2) is 0 Å². The maximum Gasteiger partial charge on any atom is 2.00 e. The smallest absolute Gasteiger partial charge is 2.00 e. The van der Waals surface area contributed by atoms with E-state index >= 15 is 0 Å². The maximum atomic E-state index is 0. The fraction of sp³-hybridized carbons (Fsp3) is 0. The van der Waals surface area contributed by atoms with Crippen molar-refractivity contribution in [2.45, 2.75) is 0 Å². The van der Waals surface area contributed by atoms with Crippen LogP contribution in [0.3, 0.4) is 0 Å². The van der Waals surface area contributed by atoms with E-state index in [4.69, 9.17) is 0 Å². The monoisotopic (exact) mass is 426 g/mol. The van der Waals surface area contributed by atoms with E-state index in [1.807, 2.05) is 0 Å².